The highest BCUT2D eigenvalue weighted by Gasteiger charge is 2.23. The molecule has 0 aromatic heterocycles. The number of morpholine rings is 1. The first kappa shape index (κ1) is 17.3. The molecule has 124 valence electrons. The number of nitrogens with zero attached hydrogens (tertiary/aromatic N) is 1. The van der Waals surface area contributed by atoms with Crippen LogP contribution in [0, 0.1) is 11.6 Å². The van der Waals surface area contributed by atoms with Crippen LogP contribution in [-0.2, 0) is 10.3 Å². The first-order chi connectivity index (χ1) is 10.4. The third-order valence-electron chi connectivity index (χ3n) is 3.99. The van der Waals surface area contributed by atoms with Gasteiger partial charge < -0.3 is 15.2 Å². The molecule has 1 aliphatic rings. The molecule has 0 amide bonds. The zero-order chi connectivity index (χ0) is 16.2. The van der Waals surface area contributed by atoms with Crippen LogP contribution in [0.3, 0.4) is 0 Å². The fourth-order valence-electron chi connectivity index (χ4n) is 2.51. The molecule has 0 radical (unpaired) electrons. The van der Waals surface area contributed by atoms with E-state index < -0.39 is 23.3 Å². The topological polar surface area (TPSA) is 44.7 Å². The van der Waals surface area contributed by atoms with Crippen molar-refractivity contribution in [1.82, 2.24) is 10.2 Å². The number of benzene rings is 1. The minimum absolute atomic E-state index is 0.378. The number of rotatable bonds is 6. The number of aliphatic hydroxyl groups is 1. The SMILES string of the molecule is CC(C)(NCC(O)CN1CCOCC1)c1ccc(F)c(F)c1. The predicted octanol–water partition coefficient (Wildman–Crippen LogP) is 1.48. The van der Waals surface area contributed by atoms with Gasteiger partial charge >= 0.3 is 0 Å². The van der Waals surface area contributed by atoms with Crippen LogP contribution in [-0.4, -0.2) is 55.5 Å². The molecule has 22 heavy (non-hydrogen) atoms. The first-order valence-electron chi connectivity index (χ1n) is 7.57. The summed E-state index contributed by atoms with van der Waals surface area (Å²) in [6.07, 6.45) is -0.525. The van der Waals surface area contributed by atoms with Crippen LogP contribution in [0.5, 0.6) is 0 Å². The average molecular weight is 314 g/mol. The minimum atomic E-state index is -0.860. The summed E-state index contributed by atoms with van der Waals surface area (Å²) in [5, 5.41) is 13.3. The fourth-order valence-corrected chi connectivity index (χ4v) is 2.51. The molecule has 2 N–H and O–H groups in total. The van der Waals surface area contributed by atoms with Crippen molar-refractivity contribution in [3.8, 4) is 0 Å². The number of hydrogen-bond donors (Lipinski definition) is 2. The van der Waals surface area contributed by atoms with Crippen molar-refractivity contribution in [3.63, 3.8) is 0 Å². The van der Waals surface area contributed by atoms with Crippen LogP contribution >= 0.6 is 0 Å². The molecule has 1 atom stereocenters. The Morgan fingerprint density at radius 2 is 1.95 bits per heavy atom. The molecule has 2 rings (SSSR count). The molecule has 1 aliphatic heterocycles. The second-order valence-corrected chi connectivity index (χ2v) is 6.20. The molecule has 1 unspecified atom stereocenters. The van der Waals surface area contributed by atoms with Crippen LogP contribution < -0.4 is 5.32 Å². The van der Waals surface area contributed by atoms with Crippen LogP contribution in [0.4, 0.5) is 8.78 Å². The van der Waals surface area contributed by atoms with Gasteiger partial charge in [0.1, 0.15) is 0 Å². The summed E-state index contributed by atoms with van der Waals surface area (Å²) < 4.78 is 31.6. The number of nitrogens with one attached hydrogen (secondary N) is 1. The van der Waals surface area contributed by atoms with Gasteiger partial charge in [0.05, 0.1) is 19.3 Å². The van der Waals surface area contributed by atoms with Crippen LogP contribution in [0.2, 0.25) is 0 Å². The Morgan fingerprint density at radius 3 is 2.59 bits per heavy atom. The van der Waals surface area contributed by atoms with Gasteiger partial charge in [0.15, 0.2) is 11.6 Å². The average Bonchev–Trinajstić information content (AvgIpc) is 2.49. The van der Waals surface area contributed by atoms with Gasteiger partial charge in [0, 0.05) is 31.7 Å². The summed E-state index contributed by atoms with van der Waals surface area (Å²) in [7, 11) is 0. The Kier molecular flexibility index (Phi) is 5.86. The normalized spacial score (nSPS) is 18.4. The third kappa shape index (κ3) is 4.71. The van der Waals surface area contributed by atoms with E-state index in [1.54, 1.807) is 6.07 Å². The lowest BCUT2D eigenvalue weighted by Crippen LogP contribution is -2.47. The zero-order valence-electron chi connectivity index (χ0n) is 13.1. The van der Waals surface area contributed by atoms with E-state index in [-0.39, 0.29) is 0 Å². The lowest BCUT2D eigenvalue weighted by atomic mass is 9.94. The van der Waals surface area contributed by atoms with E-state index in [0.717, 1.165) is 19.2 Å². The van der Waals surface area contributed by atoms with Crippen molar-refractivity contribution < 1.29 is 18.6 Å². The van der Waals surface area contributed by atoms with E-state index in [9.17, 15) is 13.9 Å². The van der Waals surface area contributed by atoms with E-state index >= 15 is 0 Å². The van der Waals surface area contributed by atoms with Gasteiger partial charge in [-0.15, -0.1) is 0 Å². The van der Waals surface area contributed by atoms with Crippen LogP contribution in [0.15, 0.2) is 18.2 Å². The summed E-state index contributed by atoms with van der Waals surface area (Å²) >= 11 is 0. The summed E-state index contributed by atoms with van der Waals surface area (Å²) in [5.74, 6) is -1.71. The van der Waals surface area contributed by atoms with E-state index in [1.165, 1.54) is 6.07 Å². The number of hydrogen-bond acceptors (Lipinski definition) is 4. The highest BCUT2D eigenvalue weighted by atomic mass is 19.2. The Labute approximate surface area is 130 Å². The van der Waals surface area contributed by atoms with E-state index in [0.29, 0.717) is 31.9 Å². The molecule has 0 spiro atoms. The first-order valence-corrected chi connectivity index (χ1v) is 7.57. The molecular weight excluding hydrogens is 290 g/mol. The van der Waals surface area contributed by atoms with Gasteiger partial charge in [-0.2, -0.15) is 0 Å². The maximum absolute atomic E-state index is 13.3. The van der Waals surface area contributed by atoms with Crippen molar-refractivity contribution in [2.45, 2.75) is 25.5 Å². The van der Waals surface area contributed by atoms with Crippen molar-refractivity contribution in [3.05, 3.63) is 35.4 Å². The summed E-state index contributed by atoms with van der Waals surface area (Å²) in [6.45, 7) is 7.74. The standard InChI is InChI=1S/C16H24F2N2O2/c1-16(2,12-3-4-14(17)15(18)9-12)19-10-13(21)11-20-5-7-22-8-6-20/h3-4,9,13,19,21H,5-8,10-11H2,1-2H3. The smallest absolute Gasteiger partial charge is 0.159 e. The van der Waals surface area contributed by atoms with Crippen molar-refractivity contribution in [2.24, 2.45) is 0 Å². The van der Waals surface area contributed by atoms with E-state index in [1.807, 2.05) is 13.8 Å². The van der Waals surface area contributed by atoms with Gasteiger partial charge in [-0.3, -0.25) is 4.90 Å². The van der Waals surface area contributed by atoms with E-state index in [4.69, 9.17) is 4.74 Å². The minimum Gasteiger partial charge on any atom is -0.390 e. The zero-order valence-corrected chi connectivity index (χ0v) is 13.1. The third-order valence-corrected chi connectivity index (χ3v) is 3.99. The number of aliphatic hydroxyl groups excluding tert-OH is 1. The largest absolute Gasteiger partial charge is 0.390 e. The van der Waals surface area contributed by atoms with Gasteiger partial charge in [-0.1, -0.05) is 6.07 Å². The maximum Gasteiger partial charge on any atom is 0.159 e. The molecule has 1 aromatic rings. The molecule has 1 saturated heterocycles. The van der Waals surface area contributed by atoms with Gasteiger partial charge in [0.2, 0.25) is 0 Å². The molecule has 0 aliphatic carbocycles. The number of ether oxygens (including phenoxy) is 1. The predicted molar refractivity (Wildman–Crippen MR) is 80.7 cm³/mol. The lowest BCUT2D eigenvalue weighted by Gasteiger charge is -2.31. The number of β-amino-alcohol motifs (C(OH)–C–C–N with tert-alkyl or cyclic N) is 1. The Hall–Kier alpha value is -1.08. The molecule has 4 nitrogen and oxygen atoms in total. The molecule has 0 bridgehead atoms. The van der Waals surface area contributed by atoms with Crippen molar-refractivity contribution in [1.29, 1.82) is 0 Å². The van der Waals surface area contributed by atoms with E-state index in [2.05, 4.69) is 10.2 Å². The van der Waals surface area contributed by atoms with Crippen molar-refractivity contribution >= 4 is 0 Å². The molecule has 6 heteroatoms. The Bertz CT molecular complexity index is 491. The van der Waals surface area contributed by atoms with Crippen LogP contribution in [0.25, 0.3) is 0 Å². The molecule has 0 saturated carbocycles. The Balaban J connectivity index is 1.86. The fraction of sp³-hybridized carbons (Fsp3) is 0.625. The monoisotopic (exact) mass is 314 g/mol. The lowest BCUT2D eigenvalue weighted by molar-refractivity contribution is 0.0137. The second-order valence-electron chi connectivity index (χ2n) is 6.20. The Morgan fingerprint density at radius 1 is 1.27 bits per heavy atom. The second kappa shape index (κ2) is 7.46. The molecular formula is C16H24F2N2O2. The summed E-state index contributed by atoms with van der Waals surface area (Å²) in [4.78, 5) is 2.15. The summed E-state index contributed by atoms with van der Waals surface area (Å²) in [5.41, 5.74) is 0.0885. The maximum atomic E-state index is 13.3. The summed E-state index contributed by atoms with van der Waals surface area (Å²) in [6, 6.07) is 3.87. The van der Waals surface area contributed by atoms with Gasteiger partial charge in [-0.25, -0.2) is 8.78 Å². The highest BCUT2D eigenvalue weighted by Crippen LogP contribution is 2.22. The van der Waals surface area contributed by atoms with Gasteiger partial charge in [0.25, 0.3) is 0 Å². The molecule has 1 heterocycles. The van der Waals surface area contributed by atoms with Crippen molar-refractivity contribution in [2.75, 3.05) is 39.4 Å². The van der Waals surface area contributed by atoms with Gasteiger partial charge in [-0.05, 0) is 31.5 Å². The molecule has 1 aromatic carbocycles. The quantitative estimate of drug-likeness (QED) is 0.835. The highest BCUT2D eigenvalue weighted by molar-refractivity contribution is 5.24. The molecule has 1 fully saturated rings. The number of halogens is 2. The van der Waals surface area contributed by atoms with Crippen LogP contribution in [0.1, 0.15) is 19.4 Å².